The number of carbonyl (C=O) groups excluding carboxylic acids is 1. The molecule has 2 atom stereocenters. The predicted molar refractivity (Wildman–Crippen MR) is 92.8 cm³/mol. The second kappa shape index (κ2) is 8.29. The number of nitrogens with zero attached hydrogens (tertiary/aromatic N) is 2. The number of nitrogens with one attached hydrogen (secondary N) is 1. The van der Waals surface area contributed by atoms with Crippen molar-refractivity contribution < 1.29 is 14.5 Å². The van der Waals surface area contributed by atoms with E-state index in [9.17, 15) is 20.2 Å². The van der Waals surface area contributed by atoms with Crippen LogP contribution < -0.4 is 10.1 Å². The van der Waals surface area contributed by atoms with E-state index >= 15 is 0 Å². The van der Waals surface area contributed by atoms with Gasteiger partial charge in [0.25, 0.3) is 5.91 Å². The van der Waals surface area contributed by atoms with Gasteiger partial charge in [0, 0.05) is 12.1 Å². The highest BCUT2D eigenvalue weighted by Gasteiger charge is 2.24. The number of nitro benzene ring substituents is 1. The van der Waals surface area contributed by atoms with Gasteiger partial charge in [-0.05, 0) is 36.5 Å². The smallest absolute Gasteiger partial charge is 0.311 e. The van der Waals surface area contributed by atoms with Crippen LogP contribution in [0.3, 0.4) is 0 Å². The predicted octanol–water partition coefficient (Wildman–Crippen LogP) is 3.21. The summed E-state index contributed by atoms with van der Waals surface area (Å²) in [6.45, 7) is 2.09. The molecule has 7 nitrogen and oxygen atoms in total. The van der Waals surface area contributed by atoms with Crippen LogP contribution in [0.1, 0.15) is 38.2 Å². The van der Waals surface area contributed by atoms with Gasteiger partial charge >= 0.3 is 5.69 Å². The van der Waals surface area contributed by atoms with Gasteiger partial charge in [-0.3, -0.25) is 14.9 Å². The highest BCUT2D eigenvalue weighted by molar-refractivity contribution is 6.01. The van der Waals surface area contributed by atoms with Crippen molar-refractivity contribution in [1.29, 1.82) is 5.26 Å². The number of hydrogen-bond acceptors (Lipinski definition) is 5. The standard InChI is InChI=1S/C18H21N3O4/c1-12-5-3-4-6-15(12)20-18(22)14(11-19)9-13-7-8-17(25-2)16(10-13)21(23)24/h7-10,12,15H,3-6H2,1-2H3,(H,20,22)/b14-9-/t12-,15+/m1/s1. The van der Waals surface area contributed by atoms with E-state index in [1.54, 1.807) is 6.07 Å². The molecule has 1 saturated carbocycles. The van der Waals surface area contributed by atoms with Crippen LogP contribution in [0.5, 0.6) is 5.75 Å². The Morgan fingerprint density at radius 1 is 1.44 bits per heavy atom. The van der Waals surface area contributed by atoms with E-state index in [1.807, 2.05) is 6.07 Å². The third-order valence-corrected chi connectivity index (χ3v) is 4.50. The lowest BCUT2D eigenvalue weighted by Gasteiger charge is -2.29. The van der Waals surface area contributed by atoms with Crippen LogP contribution in [-0.2, 0) is 4.79 Å². The molecular formula is C18H21N3O4. The fourth-order valence-electron chi connectivity index (χ4n) is 3.03. The van der Waals surface area contributed by atoms with Crippen molar-refractivity contribution in [2.75, 3.05) is 7.11 Å². The summed E-state index contributed by atoms with van der Waals surface area (Å²) in [5, 5.41) is 23.3. The quantitative estimate of drug-likeness (QED) is 0.382. The van der Waals surface area contributed by atoms with Crippen LogP contribution in [0, 0.1) is 27.4 Å². The molecule has 0 bridgehead atoms. The SMILES string of the molecule is COc1ccc(/C=C(/C#N)C(=O)N[C@H]2CCCC[C@H]2C)cc1[N+](=O)[O-]. The number of carbonyl (C=O) groups is 1. The Morgan fingerprint density at radius 3 is 2.76 bits per heavy atom. The molecule has 132 valence electrons. The number of hydrogen-bond donors (Lipinski definition) is 1. The topological polar surface area (TPSA) is 105 Å². The summed E-state index contributed by atoms with van der Waals surface area (Å²) in [6.07, 6.45) is 5.53. The Hall–Kier alpha value is -2.88. The van der Waals surface area contributed by atoms with Gasteiger partial charge in [-0.2, -0.15) is 5.26 Å². The zero-order valence-corrected chi connectivity index (χ0v) is 14.3. The van der Waals surface area contributed by atoms with Crippen molar-refractivity contribution in [2.45, 2.75) is 38.6 Å². The largest absolute Gasteiger partial charge is 0.490 e. The fourth-order valence-corrected chi connectivity index (χ4v) is 3.03. The first-order valence-corrected chi connectivity index (χ1v) is 8.21. The van der Waals surface area contributed by atoms with Crippen molar-refractivity contribution in [1.82, 2.24) is 5.32 Å². The van der Waals surface area contributed by atoms with Gasteiger partial charge in [-0.1, -0.05) is 25.8 Å². The maximum atomic E-state index is 12.4. The lowest BCUT2D eigenvalue weighted by Crippen LogP contribution is -2.41. The van der Waals surface area contributed by atoms with Gasteiger partial charge in [-0.15, -0.1) is 0 Å². The van der Waals surface area contributed by atoms with Crippen LogP contribution >= 0.6 is 0 Å². The fraction of sp³-hybridized carbons (Fsp3) is 0.444. The van der Waals surface area contributed by atoms with E-state index in [-0.39, 0.29) is 23.1 Å². The van der Waals surface area contributed by atoms with E-state index in [0.29, 0.717) is 11.5 Å². The number of benzene rings is 1. The summed E-state index contributed by atoms with van der Waals surface area (Å²) in [6, 6.07) is 6.24. The minimum absolute atomic E-state index is 0.0585. The summed E-state index contributed by atoms with van der Waals surface area (Å²) in [5.41, 5.74) is 0.114. The molecule has 25 heavy (non-hydrogen) atoms. The number of methoxy groups -OCH3 is 1. The molecule has 1 amide bonds. The number of ether oxygens (including phenoxy) is 1. The Labute approximate surface area is 146 Å². The molecule has 1 aromatic carbocycles. The highest BCUT2D eigenvalue weighted by Crippen LogP contribution is 2.28. The Morgan fingerprint density at radius 2 is 2.16 bits per heavy atom. The maximum absolute atomic E-state index is 12.4. The maximum Gasteiger partial charge on any atom is 0.311 e. The van der Waals surface area contributed by atoms with Crippen molar-refractivity contribution >= 4 is 17.7 Å². The summed E-state index contributed by atoms with van der Waals surface area (Å²) in [4.78, 5) is 22.9. The van der Waals surface area contributed by atoms with Crippen molar-refractivity contribution in [3.8, 4) is 11.8 Å². The van der Waals surface area contributed by atoms with Crippen LogP contribution in [0.4, 0.5) is 5.69 Å². The van der Waals surface area contributed by atoms with E-state index in [0.717, 1.165) is 25.7 Å². The van der Waals surface area contributed by atoms with E-state index in [1.165, 1.54) is 25.3 Å². The number of nitriles is 1. The molecule has 1 aliphatic carbocycles. The second-order valence-electron chi connectivity index (χ2n) is 6.20. The zero-order valence-electron chi connectivity index (χ0n) is 14.3. The molecule has 0 spiro atoms. The van der Waals surface area contributed by atoms with E-state index in [4.69, 9.17) is 4.74 Å². The van der Waals surface area contributed by atoms with Crippen molar-refractivity contribution in [3.63, 3.8) is 0 Å². The molecule has 7 heteroatoms. The van der Waals surface area contributed by atoms with E-state index < -0.39 is 10.8 Å². The average Bonchev–Trinajstić information content (AvgIpc) is 2.61. The lowest BCUT2D eigenvalue weighted by atomic mass is 9.86. The molecule has 0 saturated heterocycles. The molecule has 1 fully saturated rings. The molecule has 2 rings (SSSR count). The minimum Gasteiger partial charge on any atom is -0.490 e. The zero-order chi connectivity index (χ0) is 18.4. The summed E-state index contributed by atoms with van der Waals surface area (Å²) in [7, 11) is 1.34. The molecule has 1 N–H and O–H groups in total. The third-order valence-electron chi connectivity index (χ3n) is 4.50. The van der Waals surface area contributed by atoms with Crippen LogP contribution in [0.25, 0.3) is 6.08 Å². The van der Waals surface area contributed by atoms with Gasteiger partial charge in [-0.25, -0.2) is 0 Å². The van der Waals surface area contributed by atoms with Gasteiger partial charge in [0.1, 0.15) is 11.6 Å². The van der Waals surface area contributed by atoms with Crippen LogP contribution in [0.2, 0.25) is 0 Å². The Bertz CT molecular complexity index is 736. The molecule has 0 aromatic heterocycles. The molecule has 0 radical (unpaired) electrons. The molecule has 1 aromatic rings. The monoisotopic (exact) mass is 343 g/mol. The van der Waals surface area contributed by atoms with Gasteiger partial charge in [0.15, 0.2) is 5.75 Å². The summed E-state index contributed by atoms with van der Waals surface area (Å²) < 4.78 is 4.95. The Kier molecular flexibility index (Phi) is 6.12. The molecule has 0 heterocycles. The Balaban J connectivity index is 2.22. The molecule has 0 unspecified atom stereocenters. The van der Waals surface area contributed by atoms with Crippen molar-refractivity contribution in [3.05, 3.63) is 39.4 Å². The van der Waals surface area contributed by atoms with E-state index in [2.05, 4.69) is 12.2 Å². The normalized spacial score (nSPS) is 20.4. The molecule has 1 aliphatic rings. The first-order chi connectivity index (χ1) is 12.0. The highest BCUT2D eigenvalue weighted by atomic mass is 16.6. The second-order valence-corrected chi connectivity index (χ2v) is 6.20. The molecular weight excluding hydrogens is 322 g/mol. The number of nitro groups is 1. The molecule has 0 aliphatic heterocycles. The van der Waals surface area contributed by atoms with Crippen LogP contribution in [0.15, 0.2) is 23.8 Å². The number of amides is 1. The lowest BCUT2D eigenvalue weighted by molar-refractivity contribution is -0.385. The summed E-state index contributed by atoms with van der Waals surface area (Å²) >= 11 is 0. The van der Waals surface area contributed by atoms with Gasteiger partial charge in [0.05, 0.1) is 12.0 Å². The first-order valence-electron chi connectivity index (χ1n) is 8.21. The number of rotatable bonds is 5. The third kappa shape index (κ3) is 4.57. The van der Waals surface area contributed by atoms with Crippen LogP contribution in [-0.4, -0.2) is 24.0 Å². The van der Waals surface area contributed by atoms with Gasteiger partial charge < -0.3 is 10.1 Å². The minimum atomic E-state index is -0.563. The summed E-state index contributed by atoms with van der Waals surface area (Å²) in [5.74, 6) is 0.0561. The first kappa shape index (κ1) is 18.5. The van der Waals surface area contributed by atoms with Gasteiger partial charge in [0.2, 0.25) is 0 Å². The average molecular weight is 343 g/mol. The van der Waals surface area contributed by atoms with Crippen molar-refractivity contribution in [2.24, 2.45) is 5.92 Å².